The van der Waals surface area contributed by atoms with Gasteiger partial charge >= 0.3 is 6.18 Å². The minimum absolute atomic E-state index is 0.0300. The first-order chi connectivity index (χ1) is 13.5. The lowest BCUT2D eigenvalue weighted by molar-refractivity contribution is -0.139. The van der Waals surface area contributed by atoms with Crippen LogP contribution >= 0.6 is 11.6 Å². The van der Waals surface area contributed by atoms with Crippen LogP contribution in [0.5, 0.6) is 11.5 Å². The van der Waals surface area contributed by atoms with Crippen molar-refractivity contribution in [3.63, 3.8) is 0 Å². The van der Waals surface area contributed by atoms with Crippen molar-refractivity contribution in [2.45, 2.75) is 31.5 Å². The molecule has 0 atom stereocenters. The number of nitrogens with zero attached hydrogens (tertiary/aromatic N) is 1. The van der Waals surface area contributed by atoms with Crippen LogP contribution < -0.4 is 9.47 Å². The summed E-state index contributed by atoms with van der Waals surface area (Å²) in [7, 11) is -2.99. The van der Waals surface area contributed by atoms with Gasteiger partial charge in [-0.1, -0.05) is 24.6 Å². The third kappa shape index (κ3) is 5.34. The largest absolute Gasteiger partial charge is 0.493 e. The summed E-state index contributed by atoms with van der Waals surface area (Å²) >= 11 is 5.66. The van der Waals surface area contributed by atoms with Gasteiger partial charge in [-0.05, 0) is 42.8 Å². The molecule has 0 heterocycles. The van der Waals surface area contributed by atoms with Gasteiger partial charge < -0.3 is 9.47 Å². The Kier molecular flexibility index (Phi) is 7.42. The summed E-state index contributed by atoms with van der Waals surface area (Å²) in [6, 6.07) is 7.47. The van der Waals surface area contributed by atoms with E-state index in [0.717, 1.165) is 16.4 Å². The van der Waals surface area contributed by atoms with Crippen molar-refractivity contribution in [1.82, 2.24) is 4.31 Å². The molecule has 0 fully saturated rings. The standard InChI is InChI=1S/C19H21ClF3NO4S/c1-4-24(12-13-6-8-16(28-5-2)17(10-13)27-3)29(25,26)18-9-7-14(20)11-15(18)19(21,22)23/h6-11H,4-5,12H2,1-3H3. The monoisotopic (exact) mass is 451 g/mol. The maximum absolute atomic E-state index is 13.4. The number of halogens is 4. The Balaban J connectivity index is 2.44. The Labute approximate surface area is 173 Å². The molecule has 0 saturated heterocycles. The van der Waals surface area contributed by atoms with Crippen molar-refractivity contribution in [2.75, 3.05) is 20.3 Å². The van der Waals surface area contributed by atoms with Crippen LogP contribution in [-0.2, 0) is 22.7 Å². The fourth-order valence-electron chi connectivity index (χ4n) is 2.74. The van der Waals surface area contributed by atoms with E-state index in [4.69, 9.17) is 21.1 Å². The number of benzene rings is 2. The van der Waals surface area contributed by atoms with Crippen molar-refractivity contribution in [3.8, 4) is 11.5 Å². The third-order valence-corrected chi connectivity index (χ3v) is 6.32. The molecule has 0 amide bonds. The number of hydrogen-bond donors (Lipinski definition) is 0. The van der Waals surface area contributed by atoms with E-state index < -0.39 is 26.7 Å². The molecule has 0 aromatic heterocycles. The van der Waals surface area contributed by atoms with Crippen LogP contribution in [0.3, 0.4) is 0 Å². The van der Waals surface area contributed by atoms with E-state index in [1.165, 1.54) is 7.11 Å². The van der Waals surface area contributed by atoms with Crippen molar-refractivity contribution in [2.24, 2.45) is 0 Å². The maximum atomic E-state index is 13.4. The molecule has 0 saturated carbocycles. The fraction of sp³-hybridized carbons (Fsp3) is 0.368. The zero-order chi connectivity index (χ0) is 21.8. The highest BCUT2D eigenvalue weighted by Gasteiger charge is 2.39. The molecule has 0 aliphatic rings. The van der Waals surface area contributed by atoms with Crippen LogP contribution in [0, 0.1) is 0 Å². The lowest BCUT2D eigenvalue weighted by Gasteiger charge is -2.23. The molecule has 160 valence electrons. The Morgan fingerprint density at radius 2 is 1.76 bits per heavy atom. The predicted molar refractivity (Wildman–Crippen MR) is 104 cm³/mol. The summed E-state index contributed by atoms with van der Waals surface area (Å²) in [5.41, 5.74) is -0.758. The van der Waals surface area contributed by atoms with Gasteiger partial charge in [-0.25, -0.2) is 8.42 Å². The Hall–Kier alpha value is -1.97. The predicted octanol–water partition coefficient (Wildman–Crippen LogP) is 4.98. The molecule has 2 rings (SSSR count). The van der Waals surface area contributed by atoms with E-state index >= 15 is 0 Å². The minimum atomic E-state index is -4.87. The van der Waals surface area contributed by atoms with E-state index in [2.05, 4.69) is 0 Å². The summed E-state index contributed by atoms with van der Waals surface area (Å²) in [4.78, 5) is -0.839. The van der Waals surface area contributed by atoms with Crippen LogP contribution in [0.1, 0.15) is 25.0 Å². The highest BCUT2D eigenvalue weighted by molar-refractivity contribution is 7.89. The molecular formula is C19H21ClF3NO4S. The fourth-order valence-corrected chi connectivity index (χ4v) is 4.55. The highest BCUT2D eigenvalue weighted by Crippen LogP contribution is 2.37. The molecule has 0 spiro atoms. The first kappa shape index (κ1) is 23.3. The quantitative estimate of drug-likeness (QED) is 0.568. The average Bonchev–Trinajstić information content (AvgIpc) is 2.66. The van der Waals surface area contributed by atoms with Crippen molar-refractivity contribution in [1.29, 1.82) is 0 Å². The number of ether oxygens (including phenoxy) is 2. The van der Waals surface area contributed by atoms with E-state index in [-0.39, 0.29) is 18.1 Å². The number of alkyl halides is 3. The SMILES string of the molecule is CCOc1ccc(CN(CC)S(=O)(=O)c2ccc(Cl)cc2C(F)(F)F)cc1OC. The normalized spacial score (nSPS) is 12.3. The van der Waals surface area contributed by atoms with Crippen LogP contribution in [0.25, 0.3) is 0 Å². The van der Waals surface area contributed by atoms with Crippen LogP contribution in [-0.4, -0.2) is 33.0 Å². The third-order valence-electron chi connectivity index (χ3n) is 4.10. The van der Waals surface area contributed by atoms with Gasteiger partial charge in [-0.2, -0.15) is 17.5 Å². The Morgan fingerprint density at radius 3 is 2.31 bits per heavy atom. The molecule has 29 heavy (non-hydrogen) atoms. The van der Waals surface area contributed by atoms with Gasteiger partial charge in [0.2, 0.25) is 10.0 Å². The lowest BCUT2D eigenvalue weighted by atomic mass is 10.2. The molecule has 5 nitrogen and oxygen atoms in total. The lowest BCUT2D eigenvalue weighted by Crippen LogP contribution is -2.32. The maximum Gasteiger partial charge on any atom is 0.417 e. The number of sulfonamides is 1. The van der Waals surface area contributed by atoms with E-state index in [0.29, 0.717) is 29.7 Å². The van der Waals surface area contributed by atoms with Gasteiger partial charge in [0.25, 0.3) is 0 Å². The van der Waals surface area contributed by atoms with Gasteiger partial charge in [0, 0.05) is 18.1 Å². The Bertz CT molecular complexity index is 964. The molecule has 2 aromatic rings. The minimum Gasteiger partial charge on any atom is -0.493 e. The summed E-state index contributed by atoms with van der Waals surface area (Å²) in [6.07, 6.45) is -4.87. The molecule has 0 aliphatic heterocycles. The summed E-state index contributed by atoms with van der Waals surface area (Å²) in [6.45, 7) is 3.61. The topological polar surface area (TPSA) is 55.8 Å². The number of hydrogen-bond acceptors (Lipinski definition) is 4. The van der Waals surface area contributed by atoms with Gasteiger partial charge in [0.05, 0.1) is 24.2 Å². The molecule has 0 aliphatic carbocycles. The van der Waals surface area contributed by atoms with Crippen LogP contribution in [0.4, 0.5) is 13.2 Å². The second kappa shape index (κ2) is 9.23. The molecule has 0 radical (unpaired) electrons. The Morgan fingerprint density at radius 1 is 1.07 bits per heavy atom. The van der Waals surface area contributed by atoms with Crippen LogP contribution in [0.15, 0.2) is 41.3 Å². The first-order valence-electron chi connectivity index (χ1n) is 8.71. The van der Waals surface area contributed by atoms with Crippen molar-refractivity contribution >= 4 is 21.6 Å². The average molecular weight is 452 g/mol. The van der Waals surface area contributed by atoms with Crippen molar-refractivity contribution in [3.05, 3.63) is 52.5 Å². The van der Waals surface area contributed by atoms with E-state index in [1.807, 2.05) is 6.92 Å². The highest BCUT2D eigenvalue weighted by atomic mass is 35.5. The van der Waals surface area contributed by atoms with E-state index in [1.54, 1.807) is 25.1 Å². The van der Waals surface area contributed by atoms with E-state index in [9.17, 15) is 21.6 Å². The van der Waals surface area contributed by atoms with Gasteiger partial charge in [0.15, 0.2) is 11.5 Å². The number of methoxy groups -OCH3 is 1. The first-order valence-corrected chi connectivity index (χ1v) is 10.5. The van der Waals surface area contributed by atoms with Crippen LogP contribution in [0.2, 0.25) is 5.02 Å². The zero-order valence-electron chi connectivity index (χ0n) is 16.1. The summed E-state index contributed by atoms with van der Waals surface area (Å²) in [5.74, 6) is 0.891. The second-order valence-electron chi connectivity index (χ2n) is 5.99. The summed E-state index contributed by atoms with van der Waals surface area (Å²) < 4.78 is 77.8. The molecule has 0 N–H and O–H groups in total. The van der Waals surface area contributed by atoms with Crippen molar-refractivity contribution < 1.29 is 31.1 Å². The molecular weight excluding hydrogens is 431 g/mol. The smallest absolute Gasteiger partial charge is 0.417 e. The summed E-state index contributed by atoms with van der Waals surface area (Å²) in [5, 5.41) is -0.199. The zero-order valence-corrected chi connectivity index (χ0v) is 17.7. The number of rotatable bonds is 8. The molecule has 2 aromatic carbocycles. The van der Waals surface area contributed by atoms with Gasteiger partial charge in [-0.3, -0.25) is 0 Å². The van der Waals surface area contributed by atoms with Gasteiger partial charge in [-0.15, -0.1) is 0 Å². The molecule has 0 unspecified atom stereocenters. The molecule has 0 bridgehead atoms. The second-order valence-corrected chi connectivity index (χ2v) is 8.33. The molecule has 10 heteroatoms. The van der Waals surface area contributed by atoms with Gasteiger partial charge in [0.1, 0.15) is 0 Å².